The zero-order valence-corrected chi connectivity index (χ0v) is 24.1. The fourth-order valence-electron chi connectivity index (χ4n) is 4.17. The van der Waals surface area contributed by atoms with E-state index in [0.717, 1.165) is 42.3 Å². The number of hydrogen-bond acceptors (Lipinski definition) is 3. The van der Waals surface area contributed by atoms with Crippen molar-refractivity contribution in [3.63, 3.8) is 0 Å². The molecule has 0 radical (unpaired) electrons. The molecular weight excluding hydrogens is 501 g/mol. The maximum absolute atomic E-state index is 10.3. The Labute approximate surface area is 232 Å². The average molecular weight is 543 g/mol. The molecule has 1 aliphatic rings. The van der Waals surface area contributed by atoms with E-state index >= 15 is 0 Å². The minimum absolute atomic E-state index is 0.209. The van der Waals surface area contributed by atoms with Crippen LogP contribution >= 0.6 is 23.2 Å². The number of allylic oxidation sites excluding steroid dienone is 1. The normalized spacial score (nSPS) is 15.3. The fourth-order valence-corrected chi connectivity index (χ4v) is 4.64. The molecule has 1 saturated heterocycles. The maximum atomic E-state index is 10.3. The van der Waals surface area contributed by atoms with Crippen LogP contribution in [0.15, 0.2) is 54.6 Å². The van der Waals surface area contributed by atoms with Gasteiger partial charge >= 0.3 is 0 Å². The van der Waals surface area contributed by atoms with Crippen LogP contribution in [-0.4, -0.2) is 22.8 Å². The van der Waals surface area contributed by atoms with Crippen molar-refractivity contribution in [1.82, 2.24) is 9.88 Å². The van der Waals surface area contributed by atoms with Crippen LogP contribution in [0.4, 0.5) is 5.69 Å². The molecule has 6 heteroatoms. The number of aromatic nitrogens is 1. The molecule has 0 saturated carbocycles. The number of phenolic OH excluding ortho intramolecular Hbond substituents is 1. The summed E-state index contributed by atoms with van der Waals surface area (Å²) in [6.45, 7) is 18.9. The molecule has 4 nitrogen and oxygen atoms in total. The molecule has 37 heavy (non-hydrogen) atoms. The van der Waals surface area contributed by atoms with Crippen molar-refractivity contribution in [3.8, 4) is 17.0 Å². The van der Waals surface area contributed by atoms with E-state index in [0.29, 0.717) is 27.2 Å². The van der Waals surface area contributed by atoms with Gasteiger partial charge in [0.2, 0.25) is 0 Å². The van der Waals surface area contributed by atoms with E-state index in [2.05, 4.69) is 42.1 Å². The minimum Gasteiger partial charge on any atom is -0.507 e. The van der Waals surface area contributed by atoms with Crippen molar-refractivity contribution in [3.05, 3.63) is 80.8 Å². The van der Waals surface area contributed by atoms with Gasteiger partial charge in [0.25, 0.3) is 0 Å². The van der Waals surface area contributed by atoms with Crippen LogP contribution in [-0.2, 0) is 13.0 Å². The summed E-state index contributed by atoms with van der Waals surface area (Å²) in [5.74, 6) is 0.783. The Kier molecular flexibility index (Phi) is 12.3. The van der Waals surface area contributed by atoms with Crippen molar-refractivity contribution in [2.45, 2.75) is 53.5 Å². The molecule has 1 aliphatic heterocycles. The molecule has 1 atom stereocenters. The quantitative estimate of drug-likeness (QED) is 0.251. The highest BCUT2D eigenvalue weighted by Gasteiger charge is 2.19. The summed E-state index contributed by atoms with van der Waals surface area (Å²) in [7, 11) is 0. The lowest BCUT2D eigenvalue weighted by Crippen LogP contribution is -2.36. The zero-order chi connectivity index (χ0) is 27.5. The number of nitrogens with two attached hydrogens (primary N) is 1. The third kappa shape index (κ3) is 8.99. The lowest BCUT2D eigenvalue weighted by molar-refractivity contribution is 0.336. The van der Waals surface area contributed by atoms with Crippen molar-refractivity contribution in [2.24, 2.45) is 5.92 Å². The molecule has 0 aliphatic carbocycles. The Bertz CT molecular complexity index is 1270. The van der Waals surface area contributed by atoms with Gasteiger partial charge in [-0.25, -0.2) is 0 Å². The molecule has 0 bridgehead atoms. The third-order valence-corrected chi connectivity index (χ3v) is 6.76. The van der Waals surface area contributed by atoms with Gasteiger partial charge in [-0.3, -0.25) is 0 Å². The first kappa shape index (κ1) is 30.6. The number of benzene rings is 2. The van der Waals surface area contributed by atoms with Gasteiger partial charge in [0.1, 0.15) is 5.75 Å². The lowest BCUT2D eigenvalue weighted by atomic mass is 9.99. The SMILES string of the molecule is C=C(C)C.C=c1/c(=C\C)cc(-c2c(O)cccc2Cl)n1C[C@@H]1CCCNC1.CCc1ccc(N)c(Cl)c1. The molecule has 0 spiro atoms. The van der Waals surface area contributed by atoms with Gasteiger partial charge < -0.3 is 20.7 Å². The second kappa shape index (κ2) is 14.9. The van der Waals surface area contributed by atoms with E-state index in [1.165, 1.54) is 24.0 Å². The highest BCUT2D eigenvalue weighted by atomic mass is 35.5. The summed E-state index contributed by atoms with van der Waals surface area (Å²) in [6, 6.07) is 13.0. The number of hydrogen-bond donors (Lipinski definition) is 3. The van der Waals surface area contributed by atoms with E-state index in [1.54, 1.807) is 12.1 Å². The van der Waals surface area contributed by atoms with Crippen molar-refractivity contribution in [2.75, 3.05) is 18.8 Å². The van der Waals surface area contributed by atoms with Gasteiger partial charge in [-0.1, -0.05) is 60.5 Å². The Morgan fingerprint density at radius 1 is 1.19 bits per heavy atom. The standard InChI is InChI=1S/C19H23ClN2O.C8H10ClN.C4H8/c1-3-15-10-17(19-16(20)7-4-8-18(19)23)22(13(15)2)12-14-6-5-9-21-11-14;1-2-6-3-4-8(10)7(9)5-6;1-4(2)3/h3-4,7-8,10,14,21,23H,2,5-6,9,11-12H2,1H3;3-5H,2,10H2,1H3;1H2,2-3H3/b15-3-;;/t14-;;/m1../s1. The molecule has 0 unspecified atom stereocenters. The Balaban J connectivity index is 0.000000285. The lowest BCUT2D eigenvalue weighted by Gasteiger charge is -2.24. The molecule has 3 aromatic rings. The highest BCUT2D eigenvalue weighted by Crippen LogP contribution is 2.35. The Morgan fingerprint density at radius 2 is 1.89 bits per heavy atom. The number of piperidine rings is 1. The summed E-state index contributed by atoms with van der Waals surface area (Å²) in [5.41, 5.74) is 10.2. The van der Waals surface area contributed by atoms with Crippen molar-refractivity contribution in [1.29, 1.82) is 0 Å². The number of nitrogen functional groups attached to an aromatic ring is 1. The van der Waals surface area contributed by atoms with Crippen molar-refractivity contribution >= 4 is 41.5 Å². The summed E-state index contributed by atoms with van der Waals surface area (Å²) in [5, 5.41) is 17.0. The van der Waals surface area contributed by atoms with E-state index < -0.39 is 0 Å². The molecule has 1 aromatic heterocycles. The van der Waals surface area contributed by atoms with E-state index in [1.807, 2.05) is 45.0 Å². The summed E-state index contributed by atoms with van der Waals surface area (Å²) >= 11 is 12.1. The van der Waals surface area contributed by atoms with E-state index in [-0.39, 0.29) is 5.75 Å². The van der Waals surface area contributed by atoms with Crippen LogP contribution in [0.2, 0.25) is 10.0 Å². The monoisotopic (exact) mass is 541 g/mol. The number of aromatic hydroxyl groups is 1. The highest BCUT2D eigenvalue weighted by molar-refractivity contribution is 6.33. The zero-order valence-electron chi connectivity index (χ0n) is 22.6. The maximum Gasteiger partial charge on any atom is 0.126 e. The fraction of sp³-hybridized carbons (Fsp3) is 0.355. The first-order chi connectivity index (χ1) is 17.6. The van der Waals surface area contributed by atoms with Crippen LogP contribution < -0.4 is 21.6 Å². The average Bonchev–Trinajstić information content (AvgIpc) is 3.16. The number of phenols is 1. The van der Waals surface area contributed by atoms with E-state index in [4.69, 9.17) is 28.9 Å². The molecule has 0 amide bonds. The molecule has 2 aromatic carbocycles. The number of aryl methyl sites for hydroxylation is 1. The predicted octanol–water partition coefficient (Wildman–Crippen LogP) is 6.79. The second-order valence-corrected chi connectivity index (χ2v) is 10.4. The molecule has 4 N–H and O–H groups in total. The largest absolute Gasteiger partial charge is 0.507 e. The number of rotatable bonds is 4. The predicted molar refractivity (Wildman–Crippen MR) is 163 cm³/mol. The first-order valence-electron chi connectivity index (χ1n) is 12.8. The first-order valence-corrected chi connectivity index (χ1v) is 13.5. The van der Waals surface area contributed by atoms with Crippen LogP contribution in [0.3, 0.4) is 0 Å². The minimum atomic E-state index is 0.209. The van der Waals surface area contributed by atoms with Crippen LogP contribution in [0.25, 0.3) is 23.9 Å². The van der Waals surface area contributed by atoms with Gasteiger partial charge in [-0.05, 0) is 100 Å². The topological polar surface area (TPSA) is 63.2 Å². The number of nitrogens with one attached hydrogen (secondary N) is 1. The smallest absolute Gasteiger partial charge is 0.126 e. The molecule has 2 heterocycles. The van der Waals surface area contributed by atoms with Crippen LogP contribution in [0.1, 0.15) is 46.1 Å². The third-order valence-electron chi connectivity index (χ3n) is 6.11. The van der Waals surface area contributed by atoms with Gasteiger partial charge in [0.15, 0.2) is 0 Å². The summed E-state index contributed by atoms with van der Waals surface area (Å²) in [4.78, 5) is 0. The number of anilines is 1. The Morgan fingerprint density at radius 3 is 2.43 bits per heavy atom. The van der Waals surface area contributed by atoms with Gasteiger partial charge in [-0.15, -0.1) is 6.58 Å². The Hall–Kier alpha value is -2.66. The molecule has 4 rings (SSSR count). The van der Waals surface area contributed by atoms with Crippen LogP contribution in [0, 0.1) is 5.92 Å². The van der Waals surface area contributed by atoms with Gasteiger partial charge in [0, 0.05) is 11.9 Å². The summed E-state index contributed by atoms with van der Waals surface area (Å²) in [6.07, 6.45) is 5.47. The van der Waals surface area contributed by atoms with Gasteiger partial charge in [0.05, 0.1) is 27.0 Å². The number of nitrogens with zero attached hydrogens (tertiary/aromatic N) is 1. The molecule has 200 valence electrons. The molecule has 1 fully saturated rings. The van der Waals surface area contributed by atoms with E-state index in [9.17, 15) is 5.11 Å². The second-order valence-electron chi connectivity index (χ2n) is 9.59. The summed E-state index contributed by atoms with van der Waals surface area (Å²) < 4.78 is 2.20. The molecular formula is C31H41Cl2N3O. The number of halogens is 2. The van der Waals surface area contributed by atoms with Crippen molar-refractivity contribution < 1.29 is 5.11 Å². The van der Waals surface area contributed by atoms with Crippen LogP contribution in [0.5, 0.6) is 5.75 Å². The van der Waals surface area contributed by atoms with Gasteiger partial charge in [-0.2, -0.15) is 0 Å².